The number of rotatable bonds is 6. The third kappa shape index (κ3) is 4.05. The molecule has 1 heterocycles. The third-order valence-corrected chi connectivity index (χ3v) is 6.62. The summed E-state index contributed by atoms with van der Waals surface area (Å²) in [5.41, 5.74) is 1.29. The van der Waals surface area contributed by atoms with E-state index in [9.17, 15) is 18.3 Å². The average molecular weight is 407 g/mol. The highest BCUT2D eigenvalue weighted by Gasteiger charge is 2.32. The first-order chi connectivity index (χ1) is 13.2. The summed E-state index contributed by atoms with van der Waals surface area (Å²) >= 11 is 0. The van der Waals surface area contributed by atoms with Crippen molar-refractivity contribution in [2.75, 3.05) is 11.8 Å². The van der Waals surface area contributed by atoms with Crippen LogP contribution < -0.4 is 4.72 Å². The minimum absolute atomic E-state index is 0.00715. The molecule has 0 unspecified atom stereocenters. The molecule has 0 spiro atoms. The van der Waals surface area contributed by atoms with Crippen molar-refractivity contribution in [3.8, 4) is 0 Å². The summed E-state index contributed by atoms with van der Waals surface area (Å²) in [6, 6.07) is 6.39. The highest BCUT2D eigenvalue weighted by atomic mass is 32.2. The number of sulfonamides is 1. The van der Waals surface area contributed by atoms with Crippen LogP contribution in [0.1, 0.15) is 53.3 Å². The molecule has 8 nitrogen and oxygen atoms in total. The van der Waals surface area contributed by atoms with Crippen LogP contribution in [0.3, 0.4) is 0 Å². The number of methoxy groups -OCH3 is 1. The summed E-state index contributed by atoms with van der Waals surface area (Å²) in [7, 11) is -0.615. The van der Waals surface area contributed by atoms with Crippen molar-refractivity contribution in [1.29, 1.82) is 0 Å². The van der Waals surface area contributed by atoms with E-state index >= 15 is 0 Å². The second kappa shape index (κ2) is 7.92. The Balaban J connectivity index is 1.99. The smallest absolute Gasteiger partial charge is 0.358 e. The van der Waals surface area contributed by atoms with E-state index in [-0.39, 0.29) is 28.3 Å². The maximum Gasteiger partial charge on any atom is 0.358 e. The quantitative estimate of drug-likeness (QED) is 0.762. The van der Waals surface area contributed by atoms with Crippen molar-refractivity contribution in [2.45, 2.75) is 49.5 Å². The molecule has 0 radical (unpaired) electrons. The predicted octanol–water partition coefficient (Wildman–Crippen LogP) is 2.90. The molecular weight excluding hydrogens is 382 g/mol. The lowest BCUT2D eigenvalue weighted by molar-refractivity contribution is 0.0652. The molecule has 0 aliphatic heterocycles. The maximum absolute atomic E-state index is 12.9. The number of benzene rings is 1. The standard InChI is InChI=1S/C19H25N3O5S/c1-12-4-10-15(11-5-12)28(25,26)21-16-17(19(23)24)20-22(2)18(16)13-6-8-14(27-3)9-7-13/h4-5,10-11,13-14,21H,6-9H2,1-3H3,(H,23,24). The van der Waals surface area contributed by atoms with E-state index in [2.05, 4.69) is 9.82 Å². The number of anilines is 1. The molecule has 3 rings (SSSR count). The van der Waals surface area contributed by atoms with Crippen molar-refractivity contribution >= 4 is 21.7 Å². The Bertz CT molecular complexity index is 958. The van der Waals surface area contributed by atoms with Gasteiger partial charge in [-0.25, -0.2) is 13.2 Å². The number of carbonyl (C=O) groups is 1. The molecule has 152 valence electrons. The van der Waals surface area contributed by atoms with Gasteiger partial charge in [-0.05, 0) is 44.7 Å². The molecule has 1 aromatic heterocycles. The Morgan fingerprint density at radius 3 is 2.36 bits per heavy atom. The van der Waals surface area contributed by atoms with Gasteiger partial charge in [0.1, 0.15) is 5.69 Å². The summed E-state index contributed by atoms with van der Waals surface area (Å²) < 4.78 is 35.1. The van der Waals surface area contributed by atoms with Crippen LogP contribution >= 0.6 is 0 Å². The van der Waals surface area contributed by atoms with Crippen LogP contribution in [0.5, 0.6) is 0 Å². The Hall–Kier alpha value is -2.39. The topological polar surface area (TPSA) is 111 Å². The van der Waals surface area contributed by atoms with Crippen LogP contribution in [0.25, 0.3) is 0 Å². The van der Waals surface area contributed by atoms with Gasteiger partial charge in [0.25, 0.3) is 10.0 Å². The molecule has 0 bridgehead atoms. The molecule has 0 amide bonds. The van der Waals surface area contributed by atoms with Gasteiger partial charge in [0.15, 0.2) is 5.69 Å². The normalized spacial score (nSPS) is 20.1. The van der Waals surface area contributed by atoms with E-state index in [4.69, 9.17) is 4.74 Å². The highest BCUT2D eigenvalue weighted by molar-refractivity contribution is 7.92. The first-order valence-corrected chi connectivity index (χ1v) is 10.6. The third-order valence-electron chi connectivity index (χ3n) is 5.26. The zero-order valence-electron chi connectivity index (χ0n) is 16.2. The van der Waals surface area contributed by atoms with Gasteiger partial charge < -0.3 is 9.84 Å². The number of hydrogen-bond acceptors (Lipinski definition) is 5. The lowest BCUT2D eigenvalue weighted by atomic mass is 9.84. The van der Waals surface area contributed by atoms with Crippen LogP contribution in [0.15, 0.2) is 29.2 Å². The van der Waals surface area contributed by atoms with E-state index in [1.54, 1.807) is 26.3 Å². The predicted molar refractivity (Wildman–Crippen MR) is 104 cm³/mol. The summed E-state index contributed by atoms with van der Waals surface area (Å²) in [5.74, 6) is -1.26. The molecular formula is C19H25N3O5S. The number of carboxylic acids is 1. The molecule has 1 aromatic carbocycles. The van der Waals surface area contributed by atoms with Gasteiger partial charge in [0.2, 0.25) is 0 Å². The summed E-state index contributed by atoms with van der Waals surface area (Å²) in [6.45, 7) is 1.86. The van der Waals surface area contributed by atoms with Gasteiger partial charge >= 0.3 is 5.97 Å². The zero-order chi connectivity index (χ0) is 20.5. The van der Waals surface area contributed by atoms with Crippen LogP contribution in [-0.2, 0) is 21.8 Å². The second-order valence-electron chi connectivity index (χ2n) is 7.17. The highest BCUT2D eigenvalue weighted by Crippen LogP contribution is 2.39. The van der Waals surface area contributed by atoms with Gasteiger partial charge in [-0.3, -0.25) is 9.40 Å². The molecule has 1 fully saturated rings. The van der Waals surface area contributed by atoms with Crippen LogP contribution in [0.2, 0.25) is 0 Å². The summed E-state index contributed by atoms with van der Waals surface area (Å²) in [5, 5.41) is 13.6. The van der Waals surface area contributed by atoms with E-state index in [0.717, 1.165) is 31.2 Å². The molecule has 0 saturated heterocycles. The van der Waals surface area contributed by atoms with E-state index in [1.165, 1.54) is 16.8 Å². The SMILES string of the molecule is COC1CCC(c2c(NS(=O)(=O)c3ccc(C)cc3)c(C(=O)O)nn2C)CC1. The Morgan fingerprint density at radius 1 is 1.21 bits per heavy atom. The lowest BCUT2D eigenvalue weighted by Gasteiger charge is -2.28. The molecule has 0 atom stereocenters. The van der Waals surface area contributed by atoms with E-state index < -0.39 is 16.0 Å². The Morgan fingerprint density at radius 2 is 1.82 bits per heavy atom. The van der Waals surface area contributed by atoms with Gasteiger partial charge in [-0.2, -0.15) is 5.10 Å². The second-order valence-corrected chi connectivity index (χ2v) is 8.85. The number of aromatic nitrogens is 2. The van der Waals surface area contributed by atoms with Gasteiger partial charge in [-0.1, -0.05) is 17.7 Å². The fourth-order valence-corrected chi connectivity index (χ4v) is 4.82. The number of nitrogens with one attached hydrogen (secondary N) is 1. The molecule has 9 heteroatoms. The number of nitrogens with zero attached hydrogens (tertiary/aromatic N) is 2. The largest absolute Gasteiger partial charge is 0.476 e. The number of aryl methyl sites for hydroxylation is 2. The molecule has 1 saturated carbocycles. The van der Waals surface area contributed by atoms with Crippen LogP contribution in [0, 0.1) is 6.92 Å². The molecule has 1 aliphatic rings. The fraction of sp³-hybridized carbons (Fsp3) is 0.474. The van der Waals surface area contributed by atoms with Crippen molar-refractivity contribution in [1.82, 2.24) is 9.78 Å². The maximum atomic E-state index is 12.9. The van der Waals surface area contributed by atoms with Gasteiger partial charge in [-0.15, -0.1) is 0 Å². The van der Waals surface area contributed by atoms with Gasteiger partial charge in [0, 0.05) is 20.1 Å². The molecule has 1 aliphatic carbocycles. The average Bonchev–Trinajstić information content (AvgIpc) is 2.98. The number of aromatic carboxylic acids is 1. The van der Waals surface area contributed by atoms with E-state index in [1.807, 2.05) is 6.92 Å². The van der Waals surface area contributed by atoms with Gasteiger partial charge in [0.05, 0.1) is 16.7 Å². The summed E-state index contributed by atoms with van der Waals surface area (Å²) in [6.07, 6.45) is 3.39. The minimum atomic E-state index is -3.94. The van der Waals surface area contributed by atoms with Crippen molar-refractivity contribution in [3.63, 3.8) is 0 Å². The van der Waals surface area contributed by atoms with Crippen LogP contribution in [0.4, 0.5) is 5.69 Å². The fourth-order valence-electron chi connectivity index (χ4n) is 3.74. The van der Waals surface area contributed by atoms with Crippen molar-refractivity contribution in [2.24, 2.45) is 7.05 Å². The molecule has 28 heavy (non-hydrogen) atoms. The first kappa shape index (κ1) is 20.3. The monoisotopic (exact) mass is 407 g/mol. The Kier molecular flexibility index (Phi) is 5.76. The minimum Gasteiger partial charge on any atom is -0.476 e. The number of carboxylic acid groups (broad SMARTS) is 1. The first-order valence-electron chi connectivity index (χ1n) is 9.15. The van der Waals surface area contributed by atoms with Crippen LogP contribution in [-0.4, -0.2) is 42.5 Å². The molecule has 2 aromatic rings. The summed E-state index contributed by atoms with van der Waals surface area (Å²) in [4.78, 5) is 11.8. The lowest BCUT2D eigenvalue weighted by Crippen LogP contribution is -2.22. The Labute approximate surface area is 164 Å². The zero-order valence-corrected chi connectivity index (χ0v) is 17.0. The van der Waals surface area contributed by atoms with E-state index in [0.29, 0.717) is 5.69 Å². The molecule has 2 N–H and O–H groups in total. The number of hydrogen-bond donors (Lipinski definition) is 2. The van der Waals surface area contributed by atoms with Crippen molar-refractivity contribution in [3.05, 3.63) is 41.2 Å². The van der Waals surface area contributed by atoms with Crippen molar-refractivity contribution < 1.29 is 23.1 Å². The number of ether oxygens (including phenoxy) is 1.